The Morgan fingerprint density at radius 2 is 2.12 bits per heavy atom. The number of anilines is 2. The van der Waals surface area contributed by atoms with Gasteiger partial charge in [0.05, 0.1) is 10.7 Å². The van der Waals surface area contributed by atoms with E-state index in [2.05, 4.69) is 10.3 Å². The number of ether oxygens (including phenoxy) is 1. The van der Waals surface area contributed by atoms with Crippen molar-refractivity contribution < 1.29 is 9.53 Å². The van der Waals surface area contributed by atoms with E-state index in [-0.39, 0.29) is 0 Å². The van der Waals surface area contributed by atoms with E-state index >= 15 is 0 Å². The molecule has 1 aromatic heterocycles. The van der Waals surface area contributed by atoms with E-state index in [4.69, 9.17) is 22.1 Å². The summed E-state index contributed by atoms with van der Waals surface area (Å²) >= 11 is 7.35. The summed E-state index contributed by atoms with van der Waals surface area (Å²) in [5, 5.41) is 3.97. The van der Waals surface area contributed by atoms with E-state index in [1.807, 2.05) is 45.0 Å². The quantitative estimate of drug-likeness (QED) is 0.749. The number of nitrogens with zero attached hydrogens (tertiary/aromatic N) is 1. The van der Waals surface area contributed by atoms with Gasteiger partial charge < -0.3 is 10.5 Å². The average molecular weight is 366 g/mol. The third kappa shape index (κ3) is 5.94. The van der Waals surface area contributed by atoms with Crippen molar-refractivity contribution in [1.29, 1.82) is 0 Å². The molecule has 128 valence electrons. The number of aromatic nitrogens is 1. The highest BCUT2D eigenvalue weighted by molar-refractivity contribution is 7.98. The number of hydrogen-bond donors (Lipinski definition) is 2. The maximum absolute atomic E-state index is 11.8. The number of nitrogens with two attached hydrogens (primary N) is 1. The first kappa shape index (κ1) is 18.4. The Morgan fingerprint density at radius 3 is 2.79 bits per heavy atom. The molecule has 1 aromatic carbocycles. The van der Waals surface area contributed by atoms with E-state index in [1.165, 1.54) is 11.8 Å². The fraction of sp³-hybridized carbons (Fsp3) is 0.294. The predicted molar refractivity (Wildman–Crippen MR) is 99.5 cm³/mol. The van der Waals surface area contributed by atoms with Gasteiger partial charge in [-0.25, -0.2) is 9.78 Å². The first-order chi connectivity index (χ1) is 11.2. The second-order valence-corrected chi connectivity index (χ2v) is 7.56. The zero-order chi connectivity index (χ0) is 17.7. The molecule has 1 amide bonds. The Hall–Kier alpha value is -1.92. The average Bonchev–Trinajstić information content (AvgIpc) is 2.44. The highest BCUT2D eigenvalue weighted by Gasteiger charge is 2.16. The second-order valence-electron chi connectivity index (χ2n) is 6.16. The maximum Gasteiger partial charge on any atom is 0.412 e. The largest absolute Gasteiger partial charge is 0.444 e. The molecule has 0 aliphatic heterocycles. The Bertz CT molecular complexity index is 732. The van der Waals surface area contributed by atoms with E-state index in [1.54, 1.807) is 12.3 Å². The molecule has 0 fully saturated rings. The lowest BCUT2D eigenvalue weighted by Gasteiger charge is -2.19. The van der Waals surface area contributed by atoms with Gasteiger partial charge in [-0.15, -0.1) is 0 Å². The SMILES string of the molecule is CC(C)(C)OC(=O)Nc1cccc(CSc2ncc(Cl)cc2N)c1. The van der Waals surface area contributed by atoms with Gasteiger partial charge in [0, 0.05) is 17.6 Å². The molecule has 0 spiro atoms. The van der Waals surface area contributed by atoms with Crippen molar-refractivity contribution in [3.63, 3.8) is 0 Å². The van der Waals surface area contributed by atoms with E-state index in [9.17, 15) is 4.79 Å². The van der Waals surface area contributed by atoms with Crippen LogP contribution in [0.25, 0.3) is 0 Å². The molecular weight excluding hydrogens is 346 g/mol. The summed E-state index contributed by atoms with van der Waals surface area (Å²) < 4.78 is 5.24. The summed E-state index contributed by atoms with van der Waals surface area (Å²) in [7, 11) is 0. The number of nitrogens with one attached hydrogen (secondary N) is 1. The van der Waals surface area contributed by atoms with Crippen molar-refractivity contribution in [1.82, 2.24) is 4.98 Å². The Labute approximate surface area is 150 Å². The van der Waals surface area contributed by atoms with Gasteiger partial charge in [0.15, 0.2) is 0 Å². The molecule has 0 bridgehead atoms. The minimum absolute atomic E-state index is 0.476. The van der Waals surface area contributed by atoms with Gasteiger partial charge in [0.25, 0.3) is 0 Å². The van der Waals surface area contributed by atoms with Crippen LogP contribution in [-0.2, 0) is 10.5 Å². The molecule has 0 aliphatic rings. The molecule has 0 atom stereocenters. The zero-order valence-electron chi connectivity index (χ0n) is 13.8. The maximum atomic E-state index is 11.8. The smallest absolute Gasteiger partial charge is 0.412 e. The number of carbonyl (C=O) groups excluding carboxylic acids is 1. The third-order valence-corrected chi connectivity index (χ3v) is 4.09. The number of hydrogen-bond acceptors (Lipinski definition) is 5. The summed E-state index contributed by atoms with van der Waals surface area (Å²) in [6.45, 7) is 5.47. The van der Waals surface area contributed by atoms with Crippen LogP contribution in [0.15, 0.2) is 41.6 Å². The number of thioether (sulfide) groups is 1. The molecule has 5 nitrogen and oxygen atoms in total. The zero-order valence-corrected chi connectivity index (χ0v) is 15.4. The lowest BCUT2D eigenvalue weighted by molar-refractivity contribution is 0.0636. The van der Waals surface area contributed by atoms with Crippen LogP contribution in [0.2, 0.25) is 5.02 Å². The standard InChI is InChI=1S/C17H20ClN3O2S/c1-17(2,3)23-16(22)21-13-6-4-5-11(7-13)10-24-15-14(19)8-12(18)9-20-15/h4-9H,10,19H2,1-3H3,(H,21,22). The fourth-order valence-corrected chi connectivity index (χ4v) is 2.88. The number of benzene rings is 1. The summed E-state index contributed by atoms with van der Waals surface area (Å²) in [5.41, 5.74) is 7.63. The highest BCUT2D eigenvalue weighted by atomic mass is 35.5. The number of rotatable bonds is 4. The van der Waals surface area contributed by atoms with Crippen LogP contribution in [0.4, 0.5) is 16.2 Å². The molecule has 1 heterocycles. The summed E-state index contributed by atoms with van der Waals surface area (Å²) in [5.74, 6) is 0.669. The van der Waals surface area contributed by atoms with Crippen LogP contribution in [0.5, 0.6) is 0 Å². The van der Waals surface area contributed by atoms with Gasteiger partial charge >= 0.3 is 6.09 Å². The second kappa shape index (κ2) is 7.77. The third-order valence-electron chi connectivity index (χ3n) is 2.79. The van der Waals surface area contributed by atoms with Crippen LogP contribution in [-0.4, -0.2) is 16.7 Å². The summed E-state index contributed by atoms with van der Waals surface area (Å²) in [6.07, 6.45) is 1.09. The van der Waals surface area contributed by atoms with Crippen molar-refractivity contribution in [3.05, 3.63) is 47.1 Å². The van der Waals surface area contributed by atoms with Crippen LogP contribution >= 0.6 is 23.4 Å². The number of pyridine rings is 1. The first-order valence-corrected chi connectivity index (χ1v) is 8.72. The van der Waals surface area contributed by atoms with Gasteiger partial charge in [0.1, 0.15) is 10.6 Å². The van der Waals surface area contributed by atoms with Gasteiger partial charge in [-0.3, -0.25) is 5.32 Å². The number of halogens is 1. The number of amides is 1. The molecule has 0 radical (unpaired) electrons. The lowest BCUT2D eigenvalue weighted by atomic mass is 10.2. The number of nitrogen functional groups attached to an aromatic ring is 1. The highest BCUT2D eigenvalue weighted by Crippen LogP contribution is 2.28. The van der Waals surface area contributed by atoms with Crippen molar-refractivity contribution in [2.75, 3.05) is 11.1 Å². The molecule has 3 N–H and O–H groups in total. The van der Waals surface area contributed by atoms with Crippen molar-refractivity contribution in [2.24, 2.45) is 0 Å². The molecule has 0 aliphatic carbocycles. The summed E-state index contributed by atoms with van der Waals surface area (Å²) in [4.78, 5) is 16.0. The van der Waals surface area contributed by atoms with Gasteiger partial charge in [-0.1, -0.05) is 35.5 Å². The first-order valence-electron chi connectivity index (χ1n) is 7.36. The minimum Gasteiger partial charge on any atom is -0.444 e. The van der Waals surface area contributed by atoms with Gasteiger partial charge in [-0.2, -0.15) is 0 Å². The Balaban J connectivity index is 1.98. The predicted octanol–water partition coefficient (Wildman–Crippen LogP) is 4.96. The molecule has 2 rings (SSSR count). The molecule has 0 saturated heterocycles. The van der Waals surface area contributed by atoms with Crippen LogP contribution in [0, 0.1) is 0 Å². The van der Waals surface area contributed by atoms with Crippen LogP contribution < -0.4 is 11.1 Å². The van der Waals surface area contributed by atoms with E-state index in [0.717, 1.165) is 10.6 Å². The molecule has 0 unspecified atom stereocenters. The lowest BCUT2D eigenvalue weighted by Crippen LogP contribution is -2.27. The minimum atomic E-state index is -0.532. The van der Waals surface area contributed by atoms with Crippen molar-refractivity contribution in [2.45, 2.75) is 37.2 Å². The molecule has 7 heteroatoms. The molecule has 24 heavy (non-hydrogen) atoms. The molecule has 2 aromatic rings. The van der Waals surface area contributed by atoms with Gasteiger partial charge in [-0.05, 0) is 44.5 Å². The van der Waals surface area contributed by atoms with Gasteiger partial charge in [0.2, 0.25) is 0 Å². The molecule has 0 saturated carbocycles. The summed E-state index contributed by atoms with van der Waals surface area (Å²) in [6, 6.07) is 9.23. The normalized spacial score (nSPS) is 11.2. The fourth-order valence-electron chi connectivity index (χ4n) is 1.88. The van der Waals surface area contributed by atoms with E-state index < -0.39 is 11.7 Å². The Kier molecular flexibility index (Phi) is 5.96. The van der Waals surface area contributed by atoms with Crippen LogP contribution in [0.3, 0.4) is 0 Å². The number of carbonyl (C=O) groups is 1. The van der Waals surface area contributed by atoms with Crippen molar-refractivity contribution in [3.8, 4) is 0 Å². The molecular formula is C17H20ClN3O2S. The van der Waals surface area contributed by atoms with E-state index in [0.29, 0.717) is 22.2 Å². The topological polar surface area (TPSA) is 77.2 Å². The van der Waals surface area contributed by atoms with Crippen LogP contribution in [0.1, 0.15) is 26.3 Å². The van der Waals surface area contributed by atoms with Crippen molar-refractivity contribution >= 4 is 40.8 Å². The monoisotopic (exact) mass is 365 g/mol. The Morgan fingerprint density at radius 1 is 1.38 bits per heavy atom.